The number of rotatable bonds is 7. The third-order valence-corrected chi connectivity index (χ3v) is 7.33. The smallest absolute Gasteiger partial charge is 0.332 e. The van der Waals surface area contributed by atoms with Gasteiger partial charge in [0.2, 0.25) is 5.91 Å². The molecule has 0 saturated heterocycles. The molecule has 7 nitrogen and oxygen atoms in total. The predicted octanol–water partition coefficient (Wildman–Crippen LogP) is 4.85. The Hall–Kier alpha value is -3.83. The van der Waals surface area contributed by atoms with Gasteiger partial charge >= 0.3 is 6.18 Å². The highest BCUT2D eigenvalue weighted by Crippen LogP contribution is 2.50. The Labute approximate surface area is 224 Å². The number of aromatic amines is 1. The number of hydrogen-bond acceptors (Lipinski definition) is 5. The minimum atomic E-state index is -4.56. The van der Waals surface area contributed by atoms with Crippen LogP contribution in [0.2, 0.25) is 5.02 Å². The number of carbonyl (C=O) groups is 1. The molecule has 0 spiro atoms. The molecule has 202 valence electrons. The molecule has 0 bridgehead atoms. The first-order valence-corrected chi connectivity index (χ1v) is 12.4. The fourth-order valence-corrected chi connectivity index (χ4v) is 4.90. The zero-order valence-electron chi connectivity index (χ0n) is 20.4. The number of aromatic nitrogens is 3. The van der Waals surface area contributed by atoms with Crippen LogP contribution in [0.1, 0.15) is 40.9 Å². The van der Waals surface area contributed by atoms with Gasteiger partial charge in [-0.2, -0.15) is 18.3 Å². The van der Waals surface area contributed by atoms with Gasteiger partial charge in [0.25, 0.3) is 5.56 Å². The number of nitrogens with one attached hydrogen (secondary N) is 1. The monoisotopic (exact) mass is 559 g/mol. The van der Waals surface area contributed by atoms with Gasteiger partial charge < -0.3 is 10.6 Å². The maximum Gasteiger partial charge on any atom is 0.417 e. The summed E-state index contributed by atoms with van der Waals surface area (Å²) in [5, 5.41) is 7.41. The number of fused-ring (bicyclic) bond motifs is 1. The second kappa shape index (κ2) is 10.0. The van der Waals surface area contributed by atoms with Crippen molar-refractivity contribution >= 4 is 28.3 Å². The van der Waals surface area contributed by atoms with Gasteiger partial charge in [0, 0.05) is 28.7 Å². The maximum atomic E-state index is 14.7. The molecule has 2 aromatic carbocycles. The Morgan fingerprint density at radius 3 is 2.49 bits per heavy atom. The lowest BCUT2D eigenvalue weighted by atomic mass is 9.91. The minimum Gasteiger partial charge on any atom is -0.332 e. The molecule has 0 unspecified atom stereocenters. The Morgan fingerprint density at radius 2 is 1.87 bits per heavy atom. The normalized spacial score (nSPS) is 14.4. The van der Waals surface area contributed by atoms with E-state index in [1.165, 1.54) is 29.2 Å². The molecule has 1 aliphatic rings. The first-order valence-electron chi connectivity index (χ1n) is 12.0. The van der Waals surface area contributed by atoms with Crippen LogP contribution in [0.25, 0.3) is 10.8 Å². The zero-order chi connectivity index (χ0) is 27.9. The topological polar surface area (TPSA) is 105 Å². The van der Waals surface area contributed by atoms with Gasteiger partial charge in [-0.1, -0.05) is 23.7 Å². The molecule has 1 aliphatic carbocycles. The van der Waals surface area contributed by atoms with Crippen molar-refractivity contribution in [2.75, 3.05) is 0 Å². The van der Waals surface area contributed by atoms with Crippen LogP contribution in [0.4, 0.5) is 17.6 Å². The van der Waals surface area contributed by atoms with E-state index >= 15 is 0 Å². The summed E-state index contributed by atoms with van der Waals surface area (Å²) < 4.78 is 53.8. The maximum absolute atomic E-state index is 14.7. The number of H-pyrrole nitrogens is 1. The summed E-state index contributed by atoms with van der Waals surface area (Å²) in [6.07, 6.45) is -2.90. The van der Waals surface area contributed by atoms with E-state index in [0.29, 0.717) is 41.1 Å². The molecule has 1 saturated carbocycles. The summed E-state index contributed by atoms with van der Waals surface area (Å²) in [5.41, 5.74) is 4.87. The highest BCUT2D eigenvalue weighted by molar-refractivity contribution is 6.31. The molecule has 0 atom stereocenters. The van der Waals surface area contributed by atoms with Gasteiger partial charge in [0.15, 0.2) is 0 Å². The summed E-state index contributed by atoms with van der Waals surface area (Å²) >= 11 is 6.24. The number of halogens is 5. The molecule has 5 rings (SSSR count). The summed E-state index contributed by atoms with van der Waals surface area (Å²) in [7, 11) is 0. The largest absolute Gasteiger partial charge is 0.417 e. The highest BCUT2D eigenvalue weighted by Gasteiger charge is 2.53. The van der Waals surface area contributed by atoms with Crippen LogP contribution in [-0.2, 0) is 36.0 Å². The lowest BCUT2D eigenvalue weighted by molar-refractivity contribution is -0.138. The summed E-state index contributed by atoms with van der Waals surface area (Å²) in [6.45, 7) is -0.334. The Kier molecular flexibility index (Phi) is 6.90. The summed E-state index contributed by atoms with van der Waals surface area (Å²) in [5.74, 6) is -0.982. The lowest BCUT2D eigenvalue weighted by Crippen LogP contribution is -2.39. The molecule has 1 amide bonds. The van der Waals surface area contributed by atoms with Crippen molar-refractivity contribution in [3.8, 4) is 0 Å². The van der Waals surface area contributed by atoms with Crippen LogP contribution in [0.5, 0.6) is 0 Å². The van der Waals surface area contributed by atoms with Gasteiger partial charge in [0.1, 0.15) is 5.82 Å². The first kappa shape index (κ1) is 26.8. The molecule has 0 aliphatic heterocycles. The molecule has 4 aromatic rings. The number of amides is 1. The predicted molar refractivity (Wildman–Crippen MR) is 136 cm³/mol. The third kappa shape index (κ3) is 5.11. The molecular weight excluding hydrogens is 538 g/mol. The molecule has 1 fully saturated rings. The van der Waals surface area contributed by atoms with Crippen molar-refractivity contribution in [2.45, 2.75) is 44.1 Å². The fourth-order valence-electron chi connectivity index (χ4n) is 4.68. The van der Waals surface area contributed by atoms with E-state index in [2.05, 4.69) is 15.2 Å². The van der Waals surface area contributed by atoms with E-state index in [0.717, 1.165) is 6.07 Å². The molecule has 0 radical (unpaired) electrons. The number of nitrogens with two attached hydrogens (primary N) is 1. The van der Waals surface area contributed by atoms with Crippen molar-refractivity contribution in [3.05, 3.63) is 104 Å². The number of alkyl halides is 3. The van der Waals surface area contributed by atoms with Crippen molar-refractivity contribution in [1.82, 2.24) is 20.1 Å². The van der Waals surface area contributed by atoms with E-state index in [4.69, 9.17) is 17.3 Å². The van der Waals surface area contributed by atoms with Crippen LogP contribution in [-0.4, -0.2) is 26.0 Å². The van der Waals surface area contributed by atoms with Gasteiger partial charge in [-0.05, 0) is 54.8 Å². The van der Waals surface area contributed by atoms with Crippen LogP contribution >= 0.6 is 11.6 Å². The second-order valence-electron chi connectivity index (χ2n) is 9.44. The second-order valence-corrected chi connectivity index (χ2v) is 9.85. The highest BCUT2D eigenvalue weighted by atomic mass is 35.5. The third-order valence-electron chi connectivity index (χ3n) is 6.98. The summed E-state index contributed by atoms with van der Waals surface area (Å²) in [6, 6.07) is 11.2. The molecule has 2 heterocycles. The van der Waals surface area contributed by atoms with Crippen LogP contribution in [0, 0.1) is 5.82 Å². The standard InChI is InChI=1S/C27H22ClF4N5O2/c28-21-2-1-3-22(29)20(21)14-37(13-17-6-4-16(12-34-17)27(30,31)32)25(39)26(8-9-26)15-5-7-18-19(10-15)23(11-33)35-36-24(18)38/h1-7,10,12H,8-9,11,13-14,33H2,(H,36,38). The van der Waals surface area contributed by atoms with Crippen LogP contribution in [0.15, 0.2) is 59.5 Å². The minimum absolute atomic E-state index is 0.0647. The molecule has 39 heavy (non-hydrogen) atoms. The number of carbonyl (C=O) groups excluding carboxylic acids is 1. The van der Waals surface area contributed by atoms with Gasteiger partial charge in [-0.3, -0.25) is 14.6 Å². The van der Waals surface area contributed by atoms with Crippen molar-refractivity contribution < 1.29 is 22.4 Å². The van der Waals surface area contributed by atoms with Gasteiger partial charge in [-0.25, -0.2) is 9.49 Å². The van der Waals surface area contributed by atoms with Gasteiger partial charge in [-0.15, -0.1) is 0 Å². The van der Waals surface area contributed by atoms with Crippen LogP contribution in [0.3, 0.4) is 0 Å². The van der Waals surface area contributed by atoms with Crippen molar-refractivity contribution in [2.24, 2.45) is 5.73 Å². The first-order chi connectivity index (χ1) is 18.5. The van der Waals surface area contributed by atoms with Gasteiger partial charge in [0.05, 0.1) is 40.8 Å². The lowest BCUT2D eigenvalue weighted by Gasteiger charge is -2.28. The number of pyridine rings is 1. The number of benzene rings is 2. The van der Waals surface area contributed by atoms with E-state index in [1.807, 2.05) is 0 Å². The molecule has 12 heteroatoms. The summed E-state index contributed by atoms with van der Waals surface area (Å²) in [4.78, 5) is 31.6. The molecule has 2 aromatic heterocycles. The zero-order valence-corrected chi connectivity index (χ0v) is 21.1. The molecule has 3 N–H and O–H groups in total. The van der Waals surface area contributed by atoms with E-state index in [9.17, 15) is 27.2 Å². The quantitative estimate of drug-likeness (QED) is 0.315. The SMILES string of the molecule is NCc1n[nH]c(=O)c2ccc(C3(C(=O)N(Cc4ccc(C(F)(F)F)cn4)Cc4c(F)cccc4Cl)CC3)cc12. The van der Waals surface area contributed by atoms with Crippen molar-refractivity contribution in [1.29, 1.82) is 0 Å². The molecular formula is C27H22ClF4N5O2. The van der Waals surface area contributed by atoms with E-state index < -0.39 is 28.5 Å². The Bertz CT molecular complexity index is 1600. The van der Waals surface area contributed by atoms with Crippen LogP contribution < -0.4 is 11.3 Å². The van der Waals surface area contributed by atoms with Crippen molar-refractivity contribution in [3.63, 3.8) is 0 Å². The Balaban J connectivity index is 1.53. The fraction of sp³-hybridized carbons (Fsp3) is 0.259. The Morgan fingerprint density at radius 1 is 1.10 bits per heavy atom. The van der Waals surface area contributed by atoms with E-state index in [1.54, 1.807) is 18.2 Å². The average Bonchev–Trinajstić information content (AvgIpc) is 3.72. The number of hydrogen-bond donors (Lipinski definition) is 2. The number of nitrogens with zero attached hydrogens (tertiary/aromatic N) is 3. The van der Waals surface area contributed by atoms with E-state index in [-0.39, 0.29) is 41.8 Å². The average molecular weight is 560 g/mol.